The number of carbonyl (C=O) groups excluding carboxylic acids is 1. The summed E-state index contributed by atoms with van der Waals surface area (Å²) in [6.45, 7) is 0.575. The molecular formula is C10H8Br2O2. The molecule has 1 heterocycles. The summed E-state index contributed by atoms with van der Waals surface area (Å²) in [4.78, 5) is 11.7. The van der Waals surface area contributed by atoms with E-state index in [0.29, 0.717) is 24.3 Å². The maximum Gasteiger partial charge on any atom is 0.180 e. The molecule has 0 radical (unpaired) electrons. The van der Waals surface area contributed by atoms with Crippen molar-refractivity contribution in [3.05, 3.63) is 28.2 Å². The molecule has 0 fully saturated rings. The molecule has 2 nitrogen and oxygen atoms in total. The number of hydrogen-bond donors (Lipinski definition) is 0. The minimum absolute atomic E-state index is 0.102. The summed E-state index contributed by atoms with van der Waals surface area (Å²) in [6.07, 6.45) is 0.713. The average molecular weight is 320 g/mol. The van der Waals surface area contributed by atoms with Gasteiger partial charge in [0.05, 0.1) is 17.0 Å². The van der Waals surface area contributed by atoms with E-state index in [1.54, 1.807) is 6.07 Å². The fourth-order valence-corrected chi connectivity index (χ4v) is 2.16. The predicted octanol–water partition coefficient (Wildman–Crippen LogP) is 3.18. The van der Waals surface area contributed by atoms with Crippen LogP contribution in [0.15, 0.2) is 22.7 Å². The summed E-state index contributed by atoms with van der Waals surface area (Å²) < 4.78 is 6.42. The normalized spacial score (nSPS) is 21.0. The van der Waals surface area contributed by atoms with Crippen LogP contribution < -0.4 is 4.74 Å². The summed E-state index contributed by atoms with van der Waals surface area (Å²) in [5.41, 5.74) is 0.660. The van der Waals surface area contributed by atoms with Crippen molar-refractivity contribution in [2.75, 3.05) is 6.61 Å². The smallest absolute Gasteiger partial charge is 0.180 e. The lowest BCUT2D eigenvalue weighted by atomic mass is 10.1. The van der Waals surface area contributed by atoms with Crippen LogP contribution in [-0.4, -0.2) is 17.2 Å². The lowest BCUT2D eigenvalue weighted by Crippen LogP contribution is -2.12. The van der Waals surface area contributed by atoms with Gasteiger partial charge in [-0.25, -0.2) is 0 Å². The van der Waals surface area contributed by atoms with E-state index in [9.17, 15) is 4.79 Å². The molecule has 0 N–H and O–H groups in total. The molecule has 2 rings (SSSR count). The van der Waals surface area contributed by atoms with Crippen molar-refractivity contribution in [3.63, 3.8) is 0 Å². The molecule has 1 aliphatic rings. The second-order valence-corrected chi connectivity index (χ2v) is 5.13. The number of hydrogen-bond acceptors (Lipinski definition) is 2. The molecule has 0 spiro atoms. The van der Waals surface area contributed by atoms with E-state index in [1.165, 1.54) is 0 Å². The number of benzene rings is 1. The van der Waals surface area contributed by atoms with Gasteiger partial charge in [0.25, 0.3) is 0 Å². The van der Waals surface area contributed by atoms with Crippen molar-refractivity contribution < 1.29 is 9.53 Å². The summed E-state index contributed by atoms with van der Waals surface area (Å²) >= 11 is 6.70. The minimum atomic E-state index is -0.120. The molecule has 4 heteroatoms. The van der Waals surface area contributed by atoms with E-state index in [-0.39, 0.29) is 10.6 Å². The molecule has 0 aromatic heterocycles. The molecule has 0 aliphatic carbocycles. The Morgan fingerprint density at radius 2 is 2.21 bits per heavy atom. The molecule has 0 bridgehead atoms. The van der Waals surface area contributed by atoms with Crippen LogP contribution in [0.5, 0.6) is 5.75 Å². The lowest BCUT2D eigenvalue weighted by Gasteiger charge is -2.05. The third-order valence-corrected chi connectivity index (χ3v) is 3.49. The van der Waals surface area contributed by atoms with Crippen LogP contribution in [0, 0.1) is 0 Å². The highest BCUT2D eigenvalue weighted by Gasteiger charge is 2.24. The maximum atomic E-state index is 11.8. The zero-order chi connectivity index (χ0) is 10.1. The lowest BCUT2D eigenvalue weighted by molar-refractivity contribution is 0.0991. The third kappa shape index (κ3) is 1.86. The summed E-state index contributed by atoms with van der Waals surface area (Å²) in [5.74, 6) is 0.774. The van der Waals surface area contributed by atoms with Gasteiger partial charge < -0.3 is 4.74 Å². The predicted molar refractivity (Wildman–Crippen MR) is 61.3 cm³/mol. The summed E-state index contributed by atoms with van der Waals surface area (Å²) in [5, 5.41) is 0. The second-order valence-electron chi connectivity index (χ2n) is 3.11. The van der Waals surface area contributed by atoms with Crippen molar-refractivity contribution in [1.82, 2.24) is 0 Å². The van der Waals surface area contributed by atoms with Crippen LogP contribution in [0.3, 0.4) is 0 Å². The quantitative estimate of drug-likeness (QED) is 0.687. The maximum absolute atomic E-state index is 11.8. The first-order valence-corrected chi connectivity index (χ1v) is 6.00. The number of ether oxygens (including phenoxy) is 1. The molecule has 14 heavy (non-hydrogen) atoms. The molecule has 0 unspecified atom stereocenters. The van der Waals surface area contributed by atoms with Gasteiger partial charge in [0.15, 0.2) is 5.78 Å². The Balaban J connectivity index is 2.48. The van der Waals surface area contributed by atoms with E-state index in [4.69, 9.17) is 4.74 Å². The monoisotopic (exact) mass is 318 g/mol. The second kappa shape index (κ2) is 4.03. The average Bonchev–Trinajstić information content (AvgIpc) is 2.28. The van der Waals surface area contributed by atoms with Crippen molar-refractivity contribution in [1.29, 1.82) is 0 Å². The van der Waals surface area contributed by atoms with Gasteiger partial charge in [-0.05, 0) is 18.2 Å². The van der Waals surface area contributed by atoms with E-state index >= 15 is 0 Å². The van der Waals surface area contributed by atoms with Gasteiger partial charge in [0.1, 0.15) is 5.75 Å². The van der Waals surface area contributed by atoms with E-state index in [0.717, 1.165) is 4.47 Å². The van der Waals surface area contributed by atoms with Crippen LogP contribution >= 0.6 is 31.9 Å². The zero-order valence-corrected chi connectivity index (χ0v) is 10.5. The van der Waals surface area contributed by atoms with Gasteiger partial charge in [-0.15, -0.1) is 0 Å². The molecule has 1 aromatic carbocycles. The largest absolute Gasteiger partial charge is 0.493 e. The highest BCUT2D eigenvalue weighted by Crippen LogP contribution is 2.29. The van der Waals surface area contributed by atoms with Crippen LogP contribution in [0.25, 0.3) is 0 Å². The fourth-order valence-electron chi connectivity index (χ4n) is 1.39. The van der Waals surface area contributed by atoms with Gasteiger partial charge in [0, 0.05) is 10.9 Å². The topological polar surface area (TPSA) is 26.3 Å². The molecule has 1 aromatic rings. The fraction of sp³-hybridized carbons (Fsp3) is 0.300. The van der Waals surface area contributed by atoms with Crippen molar-refractivity contribution in [2.24, 2.45) is 0 Å². The Morgan fingerprint density at radius 1 is 1.43 bits per heavy atom. The Kier molecular flexibility index (Phi) is 2.93. The highest BCUT2D eigenvalue weighted by atomic mass is 79.9. The number of ketones is 1. The SMILES string of the molecule is O=C1c2ccc(Br)cc2OCC[C@H]1Br. The van der Waals surface area contributed by atoms with Crippen molar-refractivity contribution >= 4 is 37.6 Å². The van der Waals surface area contributed by atoms with E-state index < -0.39 is 0 Å². The van der Waals surface area contributed by atoms with Crippen molar-refractivity contribution in [3.8, 4) is 5.75 Å². The van der Waals surface area contributed by atoms with Crippen LogP contribution in [0.4, 0.5) is 0 Å². The molecule has 74 valence electrons. The summed E-state index contributed by atoms with van der Waals surface area (Å²) in [6, 6.07) is 5.48. The van der Waals surface area contributed by atoms with Crippen LogP contribution in [0.2, 0.25) is 0 Å². The standard InChI is InChI=1S/C10H8Br2O2/c11-6-1-2-7-9(5-6)14-4-3-8(12)10(7)13/h1-2,5,8H,3-4H2/t8-/m1/s1. The molecule has 0 amide bonds. The van der Waals surface area contributed by atoms with Gasteiger partial charge in [-0.3, -0.25) is 4.79 Å². The van der Waals surface area contributed by atoms with Gasteiger partial charge in [-0.2, -0.15) is 0 Å². The Labute approximate surface area is 98.9 Å². The molecule has 0 saturated heterocycles. The van der Waals surface area contributed by atoms with Crippen LogP contribution in [0.1, 0.15) is 16.8 Å². The van der Waals surface area contributed by atoms with Crippen molar-refractivity contribution in [2.45, 2.75) is 11.2 Å². The van der Waals surface area contributed by atoms with E-state index in [2.05, 4.69) is 31.9 Å². The number of fused-ring (bicyclic) bond motifs is 1. The first-order chi connectivity index (χ1) is 6.68. The highest BCUT2D eigenvalue weighted by molar-refractivity contribution is 9.10. The Morgan fingerprint density at radius 3 is 3.00 bits per heavy atom. The van der Waals surface area contributed by atoms with Gasteiger partial charge >= 0.3 is 0 Å². The number of rotatable bonds is 0. The zero-order valence-electron chi connectivity index (χ0n) is 7.30. The number of halogens is 2. The Bertz CT molecular complexity index is 376. The number of Topliss-reactive ketones (excluding diaryl/α,β-unsaturated/α-hetero) is 1. The summed E-state index contributed by atoms with van der Waals surface area (Å²) in [7, 11) is 0. The first-order valence-electron chi connectivity index (χ1n) is 4.29. The molecule has 0 saturated carbocycles. The van der Waals surface area contributed by atoms with E-state index in [1.807, 2.05) is 12.1 Å². The molecule has 1 atom stereocenters. The van der Waals surface area contributed by atoms with Gasteiger partial charge in [-0.1, -0.05) is 31.9 Å². The van der Waals surface area contributed by atoms with Crippen LogP contribution in [-0.2, 0) is 0 Å². The molecular weight excluding hydrogens is 312 g/mol. The molecule has 1 aliphatic heterocycles. The number of alkyl halides is 1. The minimum Gasteiger partial charge on any atom is -0.493 e. The Hall–Kier alpha value is -0.350. The first kappa shape index (κ1) is 10.2. The van der Waals surface area contributed by atoms with Gasteiger partial charge in [0.2, 0.25) is 0 Å². The third-order valence-electron chi connectivity index (χ3n) is 2.12. The number of carbonyl (C=O) groups is 1.